The van der Waals surface area contributed by atoms with Gasteiger partial charge in [0, 0.05) is 6.54 Å². The molecular weight excluding hydrogens is 360 g/mol. The molecule has 0 bridgehead atoms. The van der Waals surface area contributed by atoms with Crippen LogP contribution in [0, 0.1) is 5.92 Å². The van der Waals surface area contributed by atoms with Gasteiger partial charge >= 0.3 is 6.03 Å². The summed E-state index contributed by atoms with van der Waals surface area (Å²) in [5, 5.41) is 9.33. The standard InChI is InChI=1S/C19H22N6O3/c1-13(2)8-9-20-19(28)23-16(26)11-24-12-21-17-15(18(24)27)10-22-25(17)14-6-4-3-5-7-14/h3-7,10,12-13H,8-9,11H2,1-2H3,(H2,20,23,26,28). The Bertz CT molecular complexity index is 1040. The molecule has 0 aliphatic carbocycles. The first-order valence-corrected chi connectivity index (χ1v) is 9.02. The highest BCUT2D eigenvalue weighted by Crippen LogP contribution is 2.12. The predicted molar refractivity (Wildman–Crippen MR) is 104 cm³/mol. The molecule has 2 N–H and O–H groups in total. The predicted octanol–water partition coefficient (Wildman–Crippen LogP) is 1.45. The molecule has 9 heteroatoms. The minimum absolute atomic E-state index is 0.292. The Balaban J connectivity index is 1.71. The number of carbonyl (C=O) groups excluding carboxylic acids is 2. The Morgan fingerprint density at radius 1 is 1.18 bits per heavy atom. The highest BCUT2D eigenvalue weighted by Gasteiger charge is 2.14. The summed E-state index contributed by atoms with van der Waals surface area (Å²) in [4.78, 5) is 40.7. The van der Waals surface area contributed by atoms with Crippen LogP contribution in [-0.2, 0) is 11.3 Å². The maximum atomic E-state index is 12.6. The molecule has 3 rings (SSSR count). The molecule has 0 atom stereocenters. The van der Waals surface area contributed by atoms with Crippen LogP contribution in [0.1, 0.15) is 20.3 Å². The number of fused-ring (bicyclic) bond motifs is 1. The monoisotopic (exact) mass is 382 g/mol. The van der Waals surface area contributed by atoms with Crippen LogP contribution in [0.2, 0.25) is 0 Å². The minimum atomic E-state index is -0.597. The number of urea groups is 1. The van der Waals surface area contributed by atoms with Gasteiger partial charge in [-0.05, 0) is 24.5 Å². The van der Waals surface area contributed by atoms with Gasteiger partial charge in [-0.25, -0.2) is 14.5 Å². The Labute approximate surface area is 161 Å². The normalized spacial score (nSPS) is 11.0. The largest absolute Gasteiger partial charge is 0.338 e. The molecule has 1 aromatic carbocycles. The molecule has 0 saturated heterocycles. The number of nitrogens with zero attached hydrogens (tertiary/aromatic N) is 4. The number of aromatic nitrogens is 4. The highest BCUT2D eigenvalue weighted by molar-refractivity contribution is 5.94. The molecule has 2 heterocycles. The molecule has 2 aromatic heterocycles. The molecule has 0 fully saturated rings. The van der Waals surface area contributed by atoms with Crippen molar-refractivity contribution >= 4 is 23.0 Å². The third kappa shape index (κ3) is 4.43. The number of imide groups is 1. The van der Waals surface area contributed by atoms with E-state index in [4.69, 9.17) is 0 Å². The summed E-state index contributed by atoms with van der Waals surface area (Å²) >= 11 is 0. The average Bonchev–Trinajstić information content (AvgIpc) is 3.09. The fourth-order valence-corrected chi connectivity index (χ4v) is 2.66. The van der Waals surface area contributed by atoms with Crippen LogP contribution in [-0.4, -0.2) is 37.8 Å². The number of carbonyl (C=O) groups is 2. The van der Waals surface area contributed by atoms with Crippen molar-refractivity contribution in [2.75, 3.05) is 6.54 Å². The third-order valence-corrected chi connectivity index (χ3v) is 4.13. The second-order valence-corrected chi connectivity index (χ2v) is 6.79. The number of benzene rings is 1. The van der Waals surface area contributed by atoms with Crippen molar-refractivity contribution in [3.8, 4) is 5.69 Å². The number of hydrogen-bond donors (Lipinski definition) is 2. The van der Waals surface area contributed by atoms with Gasteiger partial charge in [0.25, 0.3) is 5.56 Å². The molecule has 0 spiro atoms. The summed E-state index contributed by atoms with van der Waals surface area (Å²) in [7, 11) is 0. The zero-order chi connectivity index (χ0) is 20.1. The summed E-state index contributed by atoms with van der Waals surface area (Å²) in [6, 6.07) is 8.73. The van der Waals surface area contributed by atoms with Crippen LogP contribution in [0.5, 0.6) is 0 Å². The van der Waals surface area contributed by atoms with Crippen molar-refractivity contribution in [1.82, 2.24) is 30.0 Å². The molecule has 0 aliphatic rings. The Hall–Kier alpha value is -3.49. The minimum Gasteiger partial charge on any atom is -0.338 e. The summed E-state index contributed by atoms with van der Waals surface area (Å²) in [5.41, 5.74) is 0.778. The Kier molecular flexibility index (Phi) is 5.83. The molecule has 9 nitrogen and oxygen atoms in total. The van der Waals surface area contributed by atoms with Gasteiger partial charge in [-0.15, -0.1) is 0 Å². The van der Waals surface area contributed by atoms with E-state index in [0.717, 1.165) is 16.7 Å². The van der Waals surface area contributed by atoms with Crippen LogP contribution in [0.3, 0.4) is 0 Å². The van der Waals surface area contributed by atoms with Crippen molar-refractivity contribution in [2.45, 2.75) is 26.8 Å². The summed E-state index contributed by atoms with van der Waals surface area (Å²) in [6.45, 7) is 4.25. The SMILES string of the molecule is CC(C)CCNC(=O)NC(=O)Cn1cnc2c(cnn2-c2ccccc2)c1=O. The summed E-state index contributed by atoms with van der Waals surface area (Å²) < 4.78 is 2.71. The zero-order valence-corrected chi connectivity index (χ0v) is 15.8. The first-order chi connectivity index (χ1) is 13.5. The molecule has 3 amide bonds. The first kappa shape index (κ1) is 19.3. The lowest BCUT2D eigenvalue weighted by Gasteiger charge is -2.09. The lowest BCUT2D eigenvalue weighted by Crippen LogP contribution is -2.42. The number of amides is 3. The van der Waals surface area contributed by atoms with E-state index in [1.54, 1.807) is 4.68 Å². The van der Waals surface area contributed by atoms with E-state index < -0.39 is 17.5 Å². The van der Waals surface area contributed by atoms with Crippen molar-refractivity contribution in [3.05, 3.63) is 53.2 Å². The van der Waals surface area contributed by atoms with Crippen molar-refractivity contribution in [2.24, 2.45) is 5.92 Å². The van der Waals surface area contributed by atoms with E-state index in [2.05, 4.69) is 20.7 Å². The molecule has 0 unspecified atom stereocenters. The van der Waals surface area contributed by atoms with Gasteiger partial charge in [-0.3, -0.25) is 19.5 Å². The number of hydrogen-bond acceptors (Lipinski definition) is 5. The number of nitrogens with one attached hydrogen (secondary N) is 2. The highest BCUT2D eigenvalue weighted by atomic mass is 16.2. The first-order valence-electron chi connectivity index (χ1n) is 9.02. The Morgan fingerprint density at radius 3 is 2.64 bits per heavy atom. The van der Waals surface area contributed by atoms with Crippen molar-refractivity contribution < 1.29 is 9.59 Å². The van der Waals surface area contributed by atoms with Gasteiger partial charge in [-0.2, -0.15) is 5.10 Å². The molecule has 146 valence electrons. The molecule has 0 radical (unpaired) electrons. The molecular formula is C19H22N6O3. The zero-order valence-electron chi connectivity index (χ0n) is 15.8. The molecule has 0 saturated carbocycles. The van der Waals surface area contributed by atoms with Gasteiger partial charge in [0.1, 0.15) is 18.3 Å². The number of para-hydroxylation sites is 1. The van der Waals surface area contributed by atoms with Crippen molar-refractivity contribution in [3.63, 3.8) is 0 Å². The average molecular weight is 382 g/mol. The maximum absolute atomic E-state index is 12.6. The maximum Gasteiger partial charge on any atom is 0.321 e. The van der Waals surface area contributed by atoms with Gasteiger partial charge in [0.05, 0.1) is 11.9 Å². The smallest absolute Gasteiger partial charge is 0.321 e. The van der Waals surface area contributed by atoms with Gasteiger partial charge < -0.3 is 5.32 Å². The van der Waals surface area contributed by atoms with E-state index in [-0.39, 0.29) is 6.54 Å². The molecule has 0 aliphatic heterocycles. The number of rotatable bonds is 6. The van der Waals surface area contributed by atoms with Crippen LogP contribution in [0.4, 0.5) is 4.79 Å². The molecule has 3 aromatic rings. The quantitative estimate of drug-likeness (QED) is 0.670. The summed E-state index contributed by atoms with van der Waals surface area (Å²) in [6.07, 6.45) is 3.51. The van der Waals surface area contributed by atoms with Crippen LogP contribution in [0.15, 0.2) is 47.7 Å². The van der Waals surface area contributed by atoms with E-state index in [9.17, 15) is 14.4 Å². The van der Waals surface area contributed by atoms with Crippen LogP contribution in [0.25, 0.3) is 16.7 Å². The Morgan fingerprint density at radius 2 is 1.93 bits per heavy atom. The van der Waals surface area contributed by atoms with Crippen LogP contribution < -0.4 is 16.2 Å². The van der Waals surface area contributed by atoms with E-state index in [1.165, 1.54) is 12.5 Å². The molecule has 28 heavy (non-hydrogen) atoms. The lowest BCUT2D eigenvalue weighted by atomic mass is 10.1. The van der Waals surface area contributed by atoms with Crippen molar-refractivity contribution in [1.29, 1.82) is 0 Å². The van der Waals surface area contributed by atoms with Crippen LogP contribution >= 0.6 is 0 Å². The van der Waals surface area contributed by atoms with Gasteiger partial charge in [0.15, 0.2) is 5.65 Å². The lowest BCUT2D eigenvalue weighted by molar-refractivity contribution is -0.120. The van der Waals surface area contributed by atoms with E-state index >= 15 is 0 Å². The topological polar surface area (TPSA) is 111 Å². The second kappa shape index (κ2) is 8.47. The summed E-state index contributed by atoms with van der Waals surface area (Å²) in [5.74, 6) is -0.148. The van der Waals surface area contributed by atoms with E-state index in [1.807, 2.05) is 44.2 Å². The second-order valence-electron chi connectivity index (χ2n) is 6.79. The fourth-order valence-electron chi connectivity index (χ4n) is 2.66. The van der Waals surface area contributed by atoms with Gasteiger partial charge in [-0.1, -0.05) is 32.0 Å². The third-order valence-electron chi connectivity index (χ3n) is 4.13. The van der Waals surface area contributed by atoms with Gasteiger partial charge in [0.2, 0.25) is 5.91 Å². The van der Waals surface area contributed by atoms with E-state index in [0.29, 0.717) is 23.5 Å². The fraction of sp³-hybridized carbons (Fsp3) is 0.316.